The SMILES string of the molecule is O=C1c2cc(CN3CCN(c4ccccc4)CC3)c3ccccc3c2CN1[C@H]1CCCC[C@@H]1O. The van der Waals surface area contributed by atoms with E-state index in [9.17, 15) is 9.90 Å². The Balaban J connectivity index is 1.25. The molecule has 0 radical (unpaired) electrons. The molecule has 3 aromatic rings. The number of hydrogen-bond acceptors (Lipinski definition) is 4. The van der Waals surface area contributed by atoms with Crippen molar-refractivity contribution in [1.29, 1.82) is 0 Å². The van der Waals surface area contributed by atoms with Crippen LogP contribution in [0.15, 0.2) is 60.7 Å². The number of amides is 1. The molecule has 5 nitrogen and oxygen atoms in total. The van der Waals surface area contributed by atoms with Crippen molar-refractivity contribution >= 4 is 22.4 Å². The third-order valence-electron chi connectivity index (χ3n) is 8.04. The number of nitrogens with zero attached hydrogens (tertiary/aromatic N) is 3. The van der Waals surface area contributed by atoms with Crippen molar-refractivity contribution < 1.29 is 9.90 Å². The molecule has 1 aliphatic carbocycles. The molecule has 2 aliphatic heterocycles. The normalized spacial score (nSPS) is 23.5. The molecule has 6 rings (SSSR count). The zero-order valence-corrected chi connectivity index (χ0v) is 19.7. The summed E-state index contributed by atoms with van der Waals surface area (Å²) >= 11 is 0. The molecule has 1 saturated heterocycles. The van der Waals surface area contributed by atoms with Crippen molar-refractivity contribution in [3.63, 3.8) is 0 Å². The average molecular weight is 456 g/mol. The highest BCUT2D eigenvalue weighted by Gasteiger charge is 2.38. The topological polar surface area (TPSA) is 47.0 Å². The van der Waals surface area contributed by atoms with Crippen LogP contribution in [0.1, 0.15) is 47.2 Å². The summed E-state index contributed by atoms with van der Waals surface area (Å²) < 4.78 is 0. The van der Waals surface area contributed by atoms with Gasteiger partial charge in [-0.3, -0.25) is 9.69 Å². The predicted octanol–water partition coefficient (Wildman–Crippen LogP) is 4.42. The van der Waals surface area contributed by atoms with Gasteiger partial charge in [0, 0.05) is 50.5 Å². The van der Waals surface area contributed by atoms with Gasteiger partial charge < -0.3 is 14.9 Å². The number of anilines is 1. The molecule has 3 aliphatic rings. The molecule has 0 bridgehead atoms. The van der Waals surface area contributed by atoms with E-state index in [1.54, 1.807) is 0 Å². The summed E-state index contributed by atoms with van der Waals surface area (Å²) in [6.45, 7) is 5.52. The predicted molar refractivity (Wildman–Crippen MR) is 136 cm³/mol. The number of para-hydroxylation sites is 1. The van der Waals surface area contributed by atoms with Gasteiger partial charge in [0.05, 0.1) is 12.1 Å². The third-order valence-corrected chi connectivity index (χ3v) is 8.04. The number of carbonyl (C=O) groups is 1. The van der Waals surface area contributed by atoms with Crippen LogP contribution in [0.4, 0.5) is 5.69 Å². The monoisotopic (exact) mass is 455 g/mol. The molecule has 0 unspecified atom stereocenters. The quantitative estimate of drug-likeness (QED) is 0.633. The zero-order valence-electron chi connectivity index (χ0n) is 19.7. The molecule has 2 fully saturated rings. The molecule has 0 spiro atoms. The van der Waals surface area contributed by atoms with E-state index in [2.05, 4.69) is 70.5 Å². The number of aliphatic hydroxyl groups excluding tert-OH is 1. The molecule has 1 saturated carbocycles. The van der Waals surface area contributed by atoms with Crippen LogP contribution in [0, 0.1) is 0 Å². The standard InChI is InChI=1S/C29H33N3O2/c33-28-13-7-6-12-27(28)32-20-26-24-11-5-4-10-23(24)21(18-25(26)29(32)34)19-30-14-16-31(17-15-30)22-8-2-1-3-9-22/h1-5,8-11,18,27-28,33H,6-7,12-17,19-20H2/t27-,28-/m0/s1. The van der Waals surface area contributed by atoms with Crippen molar-refractivity contribution in [2.24, 2.45) is 0 Å². The highest BCUT2D eigenvalue weighted by Crippen LogP contribution is 2.37. The van der Waals surface area contributed by atoms with Crippen LogP contribution in [0.3, 0.4) is 0 Å². The highest BCUT2D eigenvalue weighted by atomic mass is 16.3. The summed E-state index contributed by atoms with van der Waals surface area (Å²) in [4.78, 5) is 20.4. The average Bonchev–Trinajstić information content (AvgIpc) is 3.21. The van der Waals surface area contributed by atoms with Gasteiger partial charge in [-0.05, 0) is 52.9 Å². The molecule has 1 amide bonds. The minimum atomic E-state index is -0.404. The van der Waals surface area contributed by atoms with Gasteiger partial charge in [-0.2, -0.15) is 0 Å². The van der Waals surface area contributed by atoms with E-state index in [-0.39, 0.29) is 11.9 Å². The summed E-state index contributed by atoms with van der Waals surface area (Å²) in [5, 5.41) is 13.1. The molecule has 5 heteroatoms. The first-order valence-corrected chi connectivity index (χ1v) is 12.7. The Bertz CT molecular complexity index is 1190. The Morgan fingerprint density at radius 3 is 2.32 bits per heavy atom. The molecule has 0 aromatic heterocycles. The van der Waals surface area contributed by atoms with Crippen molar-refractivity contribution in [2.75, 3.05) is 31.1 Å². The fourth-order valence-corrected chi connectivity index (χ4v) is 6.17. The summed E-state index contributed by atoms with van der Waals surface area (Å²) in [7, 11) is 0. The second-order valence-corrected chi connectivity index (χ2v) is 10.1. The number of hydrogen-bond donors (Lipinski definition) is 1. The van der Waals surface area contributed by atoms with Crippen LogP contribution < -0.4 is 4.90 Å². The lowest BCUT2D eigenvalue weighted by molar-refractivity contribution is 0.0192. The van der Waals surface area contributed by atoms with Crippen LogP contribution in [0.25, 0.3) is 10.8 Å². The number of carbonyl (C=O) groups excluding carboxylic acids is 1. The van der Waals surface area contributed by atoms with Crippen LogP contribution in [0.2, 0.25) is 0 Å². The molecule has 1 N–H and O–H groups in total. The van der Waals surface area contributed by atoms with Crippen molar-refractivity contribution in [2.45, 2.75) is 50.9 Å². The van der Waals surface area contributed by atoms with Gasteiger partial charge in [0.1, 0.15) is 0 Å². The van der Waals surface area contributed by atoms with E-state index in [1.165, 1.54) is 22.0 Å². The largest absolute Gasteiger partial charge is 0.391 e. The first-order chi connectivity index (χ1) is 16.7. The summed E-state index contributed by atoms with van der Waals surface area (Å²) in [5.74, 6) is 0.0989. The highest BCUT2D eigenvalue weighted by molar-refractivity contribution is 6.05. The first-order valence-electron chi connectivity index (χ1n) is 12.7. The van der Waals surface area contributed by atoms with Gasteiger partial charge in [-0.1, -0.05) is 55.3 Å². The van der Waals surface area contributed by atoms with Crippen molar-refractivity contribution in [1.82, 2.24) is 9.80 Å². The second kappa shape index (κ2) is 9.05. The smallest absolute Gasteiger partial charge is 0.254 e. The number of aliphatic hydroxyl groups is 1. The maximum Gasteiger partial charge on any atom is 0.254 e. The summed E-state index contributed by atoms with van der Waals surface area (Å²) in [5.41, 5.74) is 4.51. The Labute approximate surface area is 201 Å². The Kier molecular flexibility index (Phi) is 5.75. The number of benzene rings is 3. The van der Waals surface area contributed by atoms with E-state index in [0.29, 0.717) is 6.54 Å². The van der Waals surface area contributed by atoms with Crippen LogP contribution in [-0.2, 0) is 13.1 Å². The van der Waals surface area contributed by atoms with Gasteiger partial charge >= 0.3 is 0 Å². The molecule has 2 atom stereocenters. The van der Waals surface area contributed by atoms with Gasteiger partial charge in [-0.25, -0.2) is 0 Å². The molecular weight excluding hydrogens is 422 g/mol. The molecular formula is C29H33N3O2. The third kappa shape index (κ3) is 3.87. The zero-order chi connectivity index (χ0) is 23.1. The van der Waals surface area contributed by atoms with Gasteiger partial charge in [0.2, 0.25) is 0 Å². The Morgan fingerprint density at radius 1 is 0.853 bits per heavy atom. The first kappa shape index (κ1) is 21.6. The lowest BCUT2D eigenvalue weighted by Gasteiger charge is -2.36. The Morgan fingerprint density at radius 2 is 1.56 bits per heavy atom. The van der Waals surface area contributed by atoms with Gasteiger partial charge in [0.25, 0.3) is 5.91 Å². The number of fused-ring (bicyclic) bond motifs is 3. The maximum absolute atomic E-state index is 13.5. The molecule has 34 heavy (non-hydrogen) atoms. The lowest BCUT2D eigenvalue weighted by Crippen LogP contribution is -2.46. The van der Waals surface area contributed by atoms with Crippen LogP contribution in [0.5, 0.6) is 0 Å². The van der Waals surface area contributed by atoms with Crippen LogP contribution in [-0.4, -0.2) is 59.1 Å². The second-order valence-electron chi connectivity index (χ2n) is 10.1. The lowest BCUT2D eigenvalue weighted by atomic mass is 9.91. The summed E-state index contributed by atoms with van der Waals surface area (Å²) in [6.07, 6.45) is 3.43. The summed E-state index contributed by atoms with van der Waals surface area (Å²) in [6, 6.07) is 21.3. The fourth-order valence-electron chi connectivity index (χ4n) is 6.17. The number of rotatable bonds is 4. The molecule has 2 heterocycles. The minimum Gasteiger partial charge on any atom is -0.391 e. The van der Waals surface area contributed by atoms with Gasteiger partial charge in [0.15, 0.2) is 0 Å². The van der Waals surface area contributed by atoms with Crippen LogP contribution >= 0.6 is 0 Å². The van der Waals surface area contributed by atoms with Crippen molar-refractivity contribution in [3.8, 4) is 0 Å². The fraction of sp³-hybridized carbons (Fsp3) is 0.414. The van der Waals surface area contributed by atoms with E-state index in [0.717, 1.165) is 69.5 Å². The van der Waals surface area contributed by atoms with E-state index < -0.39 is 6.10 Å². The van der Waals surface area contributed by atoms with E-state index in [4.69, 9.17) is 0 Å². The molecule has 3 aromatic carbocycles. The van der Waals surface area contributed by atoms with Gasteiger partial charge in [-0.15, -0.1) is 0 Å². The molecule has 176 valence electrons. The van der Waals surface area contributed by atoms with Crippen molar-refractivity contribution in [3.05, 3.63) is 77.4 Å². The van der Waals surface area contributed by atoms with E-state index in [1.807, 2.05) is 4.90 Å². The van der Waals surface area contributed by atoms with E-state index >= 15 is 0 Å². The maximum atomic E-state index is 13.5. The Hall–Kier alpha value is -2.89. The minimum absolute atomic E-state index is 0.0538. The number of piperazine rings is 1.